The molecule has 0 saturated heterocycles. The number of carboxylic acid groups (broad SMARTS) is 1. The summed E-state index contributed by atoms with van der Waals surface area (Å²) in [6, 6.07) is 0. The Bertz CT molecular complexity index is 278. The molecule has 0 aliphatic heterocycles. The van der Waals surface area contributed by atoms with Crippen molar-refractivity contribution in [1.29, 1.82) is 0 Å². The first-order valence-electron chi connectivity index (χ1n) is 8.11. The summed E-state index contributed by atoms with van der Waals surface area (Å²) in [5.74, 6) is -1.13. The molecule has 0 aromatic heterocycles. The molecule has 0 rings (SSSR count). The predicted molar refractivity (Wildman–Crippen MR) is 82.8 cm³/mol. The first-order valence-corrected chi connectivity index (χ1v) is 8.11. The molecule has 0 aliphatic rings. The van der Waals surface area contributed by atoms with Crippen molar-refractivity contribution in [1.82, 2.24) is 5.32 Å². The average molecular weight is 326 g/mol. The van der Waals surface area contributed by atoms with E-state index in [0.29, 0.717) is 0 Å². The van der Waals surface area contributed by atoms with Crippen molar-refractivity contribution in [3.05, 3.63) is 0 Å². The van der Waals surface area contributed by atoms with Gasteiger partial charge in [0.25, 0.3) is 0 Å². The fourth-order valence-electron chi connectivity index (χ4n) is 2.35. The van der Waals surface area contributed by atoms with Gasteiger partial charge >= 0.3 is 57.4 Å². The van der Waals surface area contributed by atoms with Gasteiger partial charge in [-0.25, -0.2) is 0 Å². The smallest absolute Gasteiger partial charge is 1.00 e. The van der Waals surface area contributed by atoms with Gasteiger partial charge in [0.15, 0.2) is 0 Å². The summed E-state index contributed by atoms with van der Waals surface area (Å²) in [6.45, 7) is 3.93. The summed E-state index contributed by atoms with van der Waals surface area (Å²) in [4.78, 5) is 22.1. The molecule has 2 N–H and O–H groups in total. The van der Waals surface area contributed by atoms with Crippen molar-refractivity contribution in [2.75, 3.05) is 6.54 Å². The maximum Gasteiger partial charge on any atom is 1.00 e. The van der Waals surface area contributed by atoms with E-state index in [1.807, 2.05) is 6.92 Å². The van der Waals surface area contributed by atoms with Crippen LogP contribution in [0.2, 0.25) is 0 Å². The van der Waals surface area contributed by atoms with E-state index in [2.05, 4.69) is 12.2 Å². The number of carbonyl (C=O) groups is 2. The molecule has 21 heavy (non-hydrogen) atoms. The van der Waals surface area contributed by atoms with E-state index >= 15 is 0 Å². The number of carboxylic acids is 1. The van der Waals surface area contributed by atoms with Crippen molar-refractivity contribution in [2.45, 2.75) is 78.1 Å². The molecular weight excluding hydrogens is 293 g/mol. The molecule has 0 saturated carbocycles. The number of unbranched alkanes of at least 4 members (excludes halogenated alkanes) is 7. The van der Waals surface area contributed by atoms with Gasteiger partial charge in [0.05, 0.1) is 0 Å². The van der Waals surface area contributed by atoms with E-state index in [0.717, 1.165) is 19.3 Å². The van der Waals surface area contributed by atoms with Crippen LogP contribution < -0.4 is 56.7 Å². The van der Waals surface area contributed by atoms with Gasteiger partial charge in [-0.05, 0) is 12.8 Å². The van der Waals surface area contributed by atoms with Crippen molar-refractivity contribution >= 4 is 11.9 Å². The number of aliphatic carboxylic acids is 1. The van der Waals surface area contributed by atoms with Crippen LogP contribution in [0.25, 0.3) is 0 Å². The molecule has 5 heteroatoms. The van der Waals surface area contributed by atoms with E-state index in [-0.39, 0.29) is 71.2 Å². The summed E-state index contributed by atoms with van der Waals surface area (Å²) in [5, 5.41) is 11.0. The van der Waals surface area contributed by atoms with Gasteiger partial charge in [-0.2, -0.15) is 0 Å². The van der Waals surface area contributed by atoms with Crippen molar-refractivity contribution < 1.29 is 67.5 Å². The number of hydrogen-bond donors (Lipinski definition) is 2. The molecule has 0 aliphatic carbocycles. The van der Waals surface area contributed by atoms with E-state index in [4.69, 9.17) is 5.11 Å². The Morgan fingerprint density at radius 3 is 2.00 bits per heavy atom. The van der Waals surface area contributed by atoms with E-state index in [9.17, 15) is 9.59 Å². The molecule has 0 radical (unpaired) electrons. The van der Waals surface area contributed by atoms with Gasteiger partial charge in [-0.3, -0.25) is 9.59 Å². The Hall–Kier alpha value is 0.576. The summed E-state index contributed by atoms with van der Waals surface area (Å²) < 4.78 is 0. The van der Waals surface area contributed by atoms with E-state index in [1.54, 1.807) is 0 Å². The third kappa shape index (κ3) is 15.3. The Labute approximate surface area is 173 Å². The molecule has 120 valence electrons. The topological polar surface area (TPSA) is 66.4 Å². The van der Waals surface area contributed by atoms with Crippen molar-refractivity contribution in [3.8, 4) is 0 Å². The van der Waals surface area contributed by atoms with Crippen LogP contribution >= 0.6 is 0 Å². The van der Waals surface area contributed by atoms with Crippen molar-refractivity contribution in [3.63, 3.8) is 0 Å². The van der Waals surface area contributed by atoms with E-state index < -0.39 is 5.97 Å². The van der Waals surface area contributed by atoms with Crippen LogP contribution in [0.3, 0.4) is 0 Å². The maximum atomic E-state index is 11.7. The second kappa shape index (κ2) is 16.9. The molecule has 1 unspecified atom stereocenters. The fourth-order valence-corrected chi connectivity index (χ4v) is 2.35. The van der Waals surface area contributed by atoms with Gasteiger partial charge in [0, 0.05) is 5.92 Å². The van der Waals surface area contributed by atoms with Crippen LogP contribution in [-0.2, 0) is 9.59 Å². The van der Waals surface area contributed by atoms with Gasteiger partial charge in [0.2, 0.25) is 5.91 Å². The van der Waals surface area contributed by atoms with Crippen LogP contribution in [0, 0.1) is 5.92 Å². The van der Waals surface area contributed by atoms with Crippen LogP contribution in [0.4, 0.5) is 0 Å². The van der Waals surface area contributed by atoms with Crippen LogP contribution in [-0.4, -0.2) is 23.5 Å². The monoisotopic (exact) mass is 325 g/mol. The normalized spacial score (nSPS) is 11.5. The molecule has 0 aromatic rings. The SMILES string of the molecule is CCCCCCCCCCC(CC)C(=O)NCC(=O)O.[H-].[K+]. The summed E-state index contributed by atoms with van der Waals surface area (Å²) in [7, 11) is 0. The molecule has 4 nitrogen and oxygen atoms in total. The molecule has 1 atom stereocenters. The zero-order valence-electron chi connectivity index (χ0n) is 15.1. The fraction of sp³-hybridized carbons (Fsp3) is 0.875. The van der Waals surface area contributed by atoms with Crippen LogP contribution in [0.1, 0.15) is 79.5 Å². The number of hydrogen-bond acceptors (Lipinski definition) is 2. The number of nitrogens with one attached hydrogen (secondary N) is 1. The molecule has 0 bridgehead atoms. The zero-order chi connectivity index (χ0) is 15.2. The second-order valence-corrected chi connectivity index (χ2v) is 5.48. The Morgan fingerprint density at radius 1 is 1.00 bits per heavy atom. The standard InChI is InChI=1S/C16H31NO3.K.H/c1-3-5-6-7-8-9-10-11-12-14(4-2)16(20)17-13-15(18)19;;/h14H,3-13H2,1-2H3,(H,17,20)(H,18,19);;/q;+1;-1. The minimum Gasteiger partial charge on any atom is -1.00 e. The predicted octanol–water partition coefficient (Wildman–Crippen LogP) is 0.861. The quantitative estimate of drug-likeness (QED) is 0.390. The van der Waals surface area contributed by atoms with Crippen molar-refractivity contribution in [2.24, 2.45) is 5.92 Å². The number of amides is 1. The Balaban J connectivity index is -0.00000180. The second-order valence-electron chi connectivity index (χ2n) is 5.48. The molecule has 0 fully saturated rings. The molecule has 1 amide bonds. The summed E-state index contributed by atoms with van der Waals surface area (Å²) >= 11 is 0. The molecular formula is C16H32KNO3. The molecule has 0 spiro atoms. The third-order valence-corrected chi connectivity index (χ3v) is 3.68. The first kappa shape index (κ1) is 23.8. The molecule has 0 aromatic carbocycles. The Kier molecular flexibility index (Phi) is 19.2. The summed E-state index contributed by atoms with van der Waals surface area (Å²) in [5.41, 5.74) is 0. The average Bonchev–Trinajstić information content (AvgIpc) is 2.43. The van der Waals surface area contributed by atoms with Gasteiger partial charge < -0.3 is 11.8 Å². The zero-order valence-corrected chi connectivity index (χ0v) is 17.2. The first-order chi connectivity index (χ1) is 9.61. The Morgan fingerprint density at radius 2 is 1.52 bits per heavy atom. The summed E-state index contributed by atoms with van der Waals surface area (Å²) in [6.07, 6.45) is 11.7. The molecule has 0 heterocycles. The number of rotatable bonds is 13. The van der Waals surface area contributed by atoms with E-state index in [1.165, 1.54) is 44.9 Å². The van der Waals surface area contributed by atoms with Crippen LogP contribution in [0.5, 0.6) is 0 Å². The number of carbonyl (C=O) groups excluding carboxylic acids is 1. The maximum absolute atomic E-state index is 11.7. The minimum absolute atomic E-state index is 0. The minimum atomic E-state index is -0.986. The van der Waals surface area contributed by atoms with Crippen LogP contribution in [0.15, 0.2) is 0 Å². The third-order valence-electron chi connectivity index (χ3n) is 3.68. The van der Waals surface area contributed by atoms with Gasteiger partial charge in [-0.15, -0.1) is 0 Å². The largest absolute Gasteiger partial charge is 1.00 e. The van der Waals surface area contributed by atoms with Gasteiger partial charge in [0.1, 0.15) is 6.54 Å². The van der Waals surface area contributed by atoms with Gasteiger partial charge in [-0.1, -0.05) is 65.2 Å².